The topological polar surface area (TPSA) is 69.0 Å². The molecule has 0 spiro atoms. The maximum Gasteiger partial charge on any atom is 0.227 e. The van der Waals surface area contributed by atoms with Crippen LogP contribution in [-0.2, 0) is 11.3 Å². The average molecular weight is 494 g/mol. The standard InChI is InChI=1S/C29H39N3O4/c1-21(2)19-35-20-25(33)17-31(16-23-10-11-23)18-28-22(3)30-32(24-8-6-5-7-9-24)29(28)36-27-14-12-26(34-4)13-15-27/h5-9,12-15,21,23,25,33H,10-11,16-20H2,1-4H3/t25-/m1/s1. The number of benzene rings is 2. The number of aromatic nitrogens is 2. The lowest BCUT2D eigenvalue weighted by Crippen LogP contribution is -2.36. The predicted molar refractivity (Wildman–Crippen MR) is 141 cm³/mol. The number of aliphatic hydroxyl groups is 1. The van der Waals surface area contributed by atoms with Crippen LogP contribution in [0.5, 0.6) is 17.4 Å². The third kappa shape index (κ3) is 7.32. The third-order valence-corrected chi connectivity index (χ3v) is 6.24. The Balaban J connectivity index is 1.59. The molecule has 0 amide bonds. The van der Waals surface area contributed by atoms with Crippen molar-refractivity contribution < 1.29 is 19.3 Å². The first-order valence-corrected chi connectivity index (χ1v) is 12.9. The molecule has 1 atom stereocenters. The zero-order chi connectivity index (χ0) is 25.5. The Hall–Kier alpha value is -2.87. The summed E-state index contributed by atoms with van der Waals surface area (Å²) in [6.45, 7) is 9.38. The molecular weight excluding hydrogens is 454 g/mol. The molecule has 2 aromatic carbocycles. The summed E-state index contributed by atoms with van der Waals surface area (Å²) in [5.74, 6) is 3.31. The normalized spacial score (nSPS) is 14.4. The van der Waals surface area contributed by atoms with Gasteiger partial charge in [0.05, 0.1) is 36.8 Å². The Morgan fingerprint density at radius 2 is 1.72 bits per heavy atom. The fourth-order valence-corrected chi connectivity index (χ4v) is 4.21. The molecule has 7 nitrogen and oxygen atoms in total. The van der Waals surface area contributed by atoms with Crippen molar-refractivity contribution in [2.75, 3.05) is 33.4 Å². The van der Waals surface area contributed by atoms with E-state index in [1.807, 2.05) is 66.2 Å². The molecule has 1 heterocycles. The van der Waals surface area contributed by atoms with Gasteiger partial charge in [0.15, 0.2) is 0 Å². The van der Waals surface area contributed by atoms with E-state index in [2.05, 4.69) is 18.7 Å². The van der Waals surface area contributed by atoms with Crippen LogP contribution in [0.2, 0.25) is 0 Å². The van der Waals surface area contributed by atoms with Crippen LogP contribution in [-0.4, -0.2) is 59.3 Å². The number of nitrogens with zero attached hydrogens (tertiary/aromatic N) is 3. The second kappa shape index (κ2) is 12.4. The van der Waals surface area contributed by atoms with Gasteiger partial charge in [-0.2, -0.15) is 5.10 Å². The van der Waals surface area contributed by atoms with Crippen molar-refractivity contribution in [1.82, 2.24) is 14.7 Å². The average Bonchev–Trinajstić information content (AvgIpc) is 3.64. The van der Waals surface area contributed by atoms with E-state index in [-0.39, 0.29) is 0 Å². The van der Waals surface area contributed by atoms with E-state index in [0.717, 1.165) is 29.2 Å². The molecule has 1 N–H and O–H groups in total. The molecule has 4 rings (SSSR count). The Morgan fingerprint density at radius 3 is 2.36 bits per heavy atom. The van der Waals surface area contributed by atoms with Crippen LogP contribution < -0.4 is 9.47 Å². The highest BCUT2D eigenvalue weighted by Gasteiger charge is 2.28. The van der Waals surface area contributed by atoms with Gasteiger partial charge >= 0.3 is 0 Å². The molecule has 3 aromatic rings. The number of aryl methyl sites for hydroxylation is 1. The predicted octanol–water partition coefficient (Wildman–Crippen LogP) is 5.23. The van der Waals surface area contributed by atoms with Crippen molar-refractivity contribution >= 4 is 0 Å². The zero-order valence-corrected chi connectivity index (χ0v) is 21.9. The number of rotatable bonds is 14. The van der Waals surface area contributed by atoms with Crippen molar-refractivity contribution in [1.29, 1.82) is 0 Å². The van der Waals surface area contributed by atoms with Crippen LogP contribution in [0.1, 0.15) is 37.9 Å². The van der Waals surface area contributed by atoms with Gasteiger partial charge in [-0.15, -0.1) is 0 Å². The smallest absolute Gasteiger partial charge is 0.227 e. The van der Waals surface area contributed by atoms with Crippen molar-refractivity contribution in [3.63, 3.8) is 0 Å². The van der Waals surface area contributed by atoms with Gasteiger partial charge in [0, 0.05) is 26.2 Å². The fraction of sp³-hybridized carbons (Fsp3) is 0.483. The van der Waals surface area contributed by atoms with Gasteiger partial charge in [0.2, 0.25) is 5.88 Å². The minimum Gasteiger partial charge on any atom is -0.497 e. The summed E-state index contributed by atoms with van der Waals surface area (Å²) in [6, 6.07) is 17.6. The van der Waals surface area contributed by atoms with Gasteiger partial charge in [-0.3, -0.25) is 4.90 Å². The van der Waals surface area contributed by atoms with E-state index in [9.17, 15) is 5.11 Å². The van der Waals surface area contributed by atoms with Gasteiger partial charge in [-0.25, -0.2) is 4.68 Å². The van der Waals surface area contributed by atoms with Crippen molar-refractivity contribution in [3.8, 4) is 23.1 Å². The van der Waals surface area contributed by atoms with Crippen LogP contribution in [0.3, 0.4) is 0 Å². The van der Waals surface area contributed by atoms with E-state index in [0.29, 0.717) is 49.8 Å². The summed E-state index contributed by atoms with van der Waals surface area (Å²) in [4.78, 5) is 2.32. The van der Waals surface area contributed by atoms with Gasteiger partial charge < -0.3 is 19.3 Å². The number of para-hydroxylation sites is 1. The highest BCUT2D eigenvalue weighted by molar-refractivity contribution is 5.44. The van der Waals surface area contributed by atoms with Crippen LogP contribution in [0.25, 0.3) is 5.69 Å². The minimum absolute atomic E-state index is 0.344. The molecule has 0 bridgehead atoms. The number of hydrogen-bond acceptors (Lipinski definition) is 6. The Morgan fingerprint density at radius 1 is 1.03 bits per heavy atom. The molecule has 0 saturated heterocycles. The van der Waals surface area contributed by atoms with Crippen LogP contribution in [0.4, 0.5) is 0 Å². The molecule has 1 aromatic heterocycles. The summed E-state index contributed by atoms with van der Waals surface area (Å²) in [5.41, 5.74) is 2.87. The van der Waals surface area contributed by atoms with Crippen LogP contribution in [0.15, 0.2) is 54.6 Å². The number of hydrogen-bond donors (Lipinski definition) is 1. The quantitative estimate of drug-likeness (QED) is 0.332. The first kappa shape index (κ1) is 26.2. The van der Waals surface area contributed by atoms with Crippen LogP contribution in [0, 0.1) is 18.8 Å². The first-order chi connectivity index (χ1) is 17.4. The molecule has 1 saturated carbocycles. The Kier molecular flexibility index (Phi) is 9.02. The molecule has 36 heavy (non-hydrogen) atoms. The molecule has 1 fully saturated rings. The van der Waals surface area contributed by atoms with Crippen molar-refractivity contribution in [2.45, 2.75) is 46.3 Å². The highest BCUT2D eigenvalue weighted by Crippen LogP contribution is 2.34. The van der Waals surface area contributed by atoms with Gasteiger partial charge in [-0.05, 0) is 68.0 Å². The SMILES string of the molecule is COc1ccc(Oc2c(CN(CC3CC3)C[C@@H](O)COCC(C)C)c(C)nn2-c2ccccc2)cc1. The molecule has 1 aliphatic rings. The van der Waals surface area contributed by atoms with Crippen molar-refractivity contribution in [2.24, 2.45) is 11.8 Å². The number of ether oxygens (including phenoxy) is 3. The van der Waals surface area contributed by atoms with E-state index in [4.69, 9.17) is 19.3 Å². The zero-order valence-electron chi connectivity index (χ0n) is 21.9. The molecule has 7 heteroatoms. The van der Waals surface area contributed by atoms with E-state index in [1.54, 1.807) is 7.11 Å². The Bertz CT molecular complexity index is 1080. The first-order valence-electron chi connectivity index (χ1n) is 12.9. The molecule has 0 unspecified atom stereocenters. The second-order valence-electron chi connectivity index (χ2n) is 10.1. The minimum atomic E-state index is -0.544. The van der Waals surface area contributed by atoms with Crippen molar-refractivity contribution in [3.05, 3.63) is 65.9 Å². The second-order valence-corrected chi connectivity index (χ2v) is 10.1. The fourth-order valence-electron chi connectivity index (χ4n) is 4.21. The summed E-state index contributed by atoms with van der Waals surface area (Å²) in [7, 11) is 1.65. The summed E-state index contributed by atoms with van der Waals surface area (Å²) in [5, 5.41) is 15.6. The number of methoxy groups -OCH3 is 1. The maximum atomic E-state index is 10.7. The largest absolute Gasteiger partial charge is 0.497 e. The summed E-state index contributed by atoms with van der Waals surface area (Å²) < 4.78 is 19.3. The van der Waals surface area contributed by atoms with Gasteiger partial charge in [0.25, 0.3) is 0 Å². The number of aliphatic hydroxyl groups excluding tert-OH is 1. The summed E-state index contributed by atoms with van der Waals surface area (Å²) >= 11 is 0. The Labute approximate surface area is 214 Å². The van der Waals surface area contributed by atoms with E-state index < -0.39 is 6.10 Å². The lowest BCUT2D eigenvalue weighted by atomic mass is 10.2. The molecule has 194 valence electrons. The lowest BCUT2D eigenvalue weighted by molar-refractivity contribution is 0.00609. The molecule has 0 aliphatic heterocycles. The molecule has 1 aliphatic carbocycles. The maximum absolute atomic E-state index is 10.7. The monoisotopic (exact) mass is 493 g/mol. The third-order valence-electron chi connectivity index (χ3n) is 6.24. The molecular formula is C29H39N3O4. The van der Waals surface area contributed by atoms with Gasteiger partial charge in [0.1, 0.15) is 11.5 Å². The highest BCUT2D eigenvalue weighted by atomic mass is 16.5. The van der Waals surface area contributed by atoms with Crippen LogP contribution >= 0.6 is 0 Å². The van der Waals surface area contributed by atoms with Gasteiger partial charge in [-0.1, -0.05) is 32.0 Å². The lowest BCUT2D eigenvalue weighted by Gasteiger charge is -2.25. The molecule has 0 radical (unpaired) electrons. The summed E-state index contributed by atoms with van der Waals surface area (Å²) in [6.07, 6.45) is 1.94. The van der Waals surface area contributed by atoms with E-state index in [1.165, 1.54) is 12.8 Å². The van der Waals surface area contributed by atoms with E-state index >= 15 is 0 Å².